The van der Waals surface area contributed by atoms with Crippen LogP contribution in [0.3, 0.4) is 0 Å². The minimum absolute atomic E-state index is 0.932. The Morgan fingerprint density at radius 2 is 1.21 bits per heavy atom. The second-order valence-electron chi connectivity index (χ2n) is 8.92. The minimum atomic E-state index is 0.932. The van der Waals surface area contributed by atoms with E-state index >= 15 is 0 Å². The maximum absolute atomic E-state index is 6.44. The lowest BCUT2D eigenvalue weighted by Gasteiger charge is -2.12. The molecule has 0 saturated carbocycles. The van der Waals surface area contributed by atoms with Gasteiger partial charge in [-0.15, -0.1) is 11.3 Å². The fourth-order valence-corrected chi connectivity index (χ4v) is 6.63. The van der Waals surface area contributed by atoms with Gasteiger partial charge in [0.15, 0.2) is 0 Å². The fraction of sp³-hybridized carbons (Fsp3) is 0. The first kappa shape index (κ1) is 18.3. The Morgan fingerprint density at radius 1 is 0.441 bits per heavy atom. The van der Waals surface area contributed by atoms with Crippen LogP contribution < -0.4 is 0 Å². The third-order valence-electron chi connectivity index (χ3n) is 7.05. The summed E-state index contributed by atoms with van der Waals surface area (Å²) in [4.78, 5) is 0. The zero-order valence-electron chi connectivity index (χ0n) is 18.2. The highest BCUT2D eigenvalue weighted by Crippen LogP contribution is 2.44. The van der Waals surface area contributed by atoms with Gasteiger partial charge in [-0.25, -0.2) is 0 Å². The molecule has 0 N–H and O–H groups in total. The van der Waals surface area contributed by atoms with Gasteiger partial charge in [-0.3, -0.25) is 0 Å². The van der Waals surface area contributed by atoms with Crippen molar-refractivity contribution in [3.63, 3.8) is 0 Å². The highest BCUT2D eigenvalue weighted by Gasteiger charge is 2.17. The molecule has 8 aromatic rings. The van der Waals surface area contributed by atoms with Crippen LogP contribution in [0.5, 0.6) is 0 Å². The van der Waals surface area contributed by atoms with E-state index in [1.165, 1.54) is 47.3 Å². The van der Waals surface area contributed by atoms with E-state index in [2.05, 4.69) is 103 Å². The highest BCUT2D eigenvalue weighted by molar-refractivity contribution is 7.25. The summed E-state index contributed by atoms with van der Waals surface area (Å²) in [5.74, 6) is 0. The molecule has 1 nitrogen and oxygen atoms in total. The van der Waals surface area contributed by atoms with Crippen molar-refractivity contribution in [2.45, 2.75) is 0 Å². The largest absolute Gasteiger partial charge is 0.455 e. The monoisotopic (exact) mass is 450 g/mol. The van der Waals surface area contributed by atoms with Crippen molar-refractivity contribution >= 4 is 75.0 Å². The SMILES string of the molecule is c1ccc2c(c1)cc(-c1cccc3c1oc1ccccc13)c1cc3sc4ccccc4c3cc12. The quantitative estimate of drug-likeness (QED) is 0.227. The van der Waals surface area contributed by atoms with E-state index in [9.17, 15) is 0 Å². The second kappa shape index (κ2) is 6.69. The minimum Gasteiger partial charge on any atom is -0.455 e. The smallest absolute Gasteiger partial charge is 0.143 e. The molecule has 158 valence electrons. The molecule has 6 aromatic carbocycles. The van der Waals surface area contributed by atoms with Crippen LogP contribution in [0.4, 0.5) is 0 Å². The van der Waals surface area contributed by atoms with Gasteiger partial charge in [-0.05, 0) is 57.4 Å². The summed E-state index contributed by atoms with van der Waals surface area (Å²) in [5.41, 5.74) is 4.25. The van der Waals surface area contributed by atoms with Crippen LogP contribution in [-0.2, 0) is 0 Å². The lowest BCUT2D eigenvalue weighted by molar-refractivity contribution is 0.670. The van der Waals surface area contributed by atoms with Gasteiger partial charge in [0.25, 0.3) is 0 Å². The Labute approximate surface area is 199 Å². The van der Waals surface area contributed by atoms with Crippen LogP contribution in [0.1, 0.15) is 0 Å². The molecule has 2 heterocycles. The highest BCUT2D eigenvalue weighted by atomic mass is 32.1. The average Bonchev–Trinajstić information content (AvgIpc) is 3.45. The number of furan rings is 1. The predicted molar refractivity (Wildman–Crippen MR) is 147 cm³/mol. The Morgan fingerprint density at radius 3 is 2.15 bits per heavy atom. The Balaban J connectivity index is 1.57. The Hall–Kier alpha value is -4.14. The topological polar surface area (TPSA) is 13.1 Å². The van der Waals surface area contributed by atoms with Gasteiger partial charge >= 0.3 is 0 Å². The summed E-state index contributed by atoms with van der Waals surface area (Å²) in [5, 5.41) is 10.1. The normalized spacial score (nSPS) is 12.1. The third kappa shape index (κ3) is 2.43. The van der Waals surface area contributed by atoms with Gasteiger partial charge < -0.3 is 4.42 Å². The molecule has 0 atom stereocenters. The molecule has 0 radical (unpaired) electrons. The van der Waals surface area contributed by atoms with E-state index < -0.39 is 0 Å². The molecule has 0 aliphatic rings. The van der Waals surface area contributed by atoms with Crippen LogP contribution in [0.15, 0.2) is 114 Å². The third-order valence-corrected chi connectivity index (χ3v) is 8.19. The molecule has 0 amide bonds. The molecule has 34 heavy (non-hydrogen) atoms. The van der Waals surface area contributed by atoms with E-state index in [1.807, 2.05) is 17.4 Å². The molecule has 0 fully saturated rings. The van der Waals surface area contributed by atoms with Gasteiger partial charge in [0.2, 0.25) is 0 Å². The van der Waals surface area contributed by atoms with Crippen molar-refractivity contribution in [3.05, 3.63) is 109 Å². The number of rotatable bonds is 1. The van der Waals surface area contributed by atoms with Crippen molar-refractivity contribution < 1.29 is 4.42 Å². The molecule has 2 heteroatoms. The molecule has 0 unspecified atom stereocenters. The van der Waals surface area contributed by atoms with E-state index in [0.29, 0.717) is 0 Å². The molecule has 0 aliphatic carbocycles. The molecule has 0 spiro atoms. The van der Waals surface area contributed by atoms with Gasteiger partial charge in [0.05, 0.1) is 0 Å². The summed E-state index contributed by atoms with van der Waals surface area (Å²) in [7, 11) is 0. The first-order valence-corrected chi connectivity index (χ1v) is 12.3. The van der Waals surface area contributed by atoms with Crippen molar-refractivity contribution in [1.82, 2.24) is 0 Å². The number of fused-ring (bicyclic) bond motifs is 9. The van der Waals surface area contributed by atoms with Crippen LogP contribution >= 0.6 is 11.3 Å². The second-order valence-corrected chi connectivity index (χ2v) is 10.0. The number of benzene rings is 6. The summed E-state index contributed by atoms with van der Waals surface area (Å²) in [6.45, 7) is 0. The van der Waals surface area contributed by atoms with Crippen LogP contribution in [0.2, 0.25) is 0 Å². The van der Waals surface area contributed by atoms with E-state index in [4.69, 9.17) is 4.42 Å². The standard InChI is InChI=1S/C32H18OS/c1-2-9-20-19(8-1)16-25(24-13-7-12-23-21-10-3-5-14-29(21)33-32(23)24)27-18-31-28(17-26(20)27)22-11-4-6-15-30(22)34-31/h1-18H. The molecule has 2 aromatic heterocycles. The molecule has 8 rings (SSSR count). The zero-order chi connectivity index (χ0) is 22.2. The number of hydrogen-bond donors (Lipinski definition) is 0. The molecule has 0 aliphatic heterocycles. The van der Waals surface area contributed by atoms with Crippen LogP contribution in [-0.4, -0.2) is 0 Å². The van der Waals surface area contributed by atoms with E-state index in [1.54, 1.807) is 0 Å². The molecular formula is C32H18OS. The summed E-state index contributed by atoms with van der Waals surface area (Å²) in [6.07, 6.45) is 0. The predicted octanol–water partition coefficient (Wildman–Crippen LogP) is 9.93. The summed E-state index contributed by atoms with van der Waals surface area (Å²) >= 11 is 1.87. The van der Waals surface area contributed by atoms with Crippen LogP contribution in [0, 0.1) is 0 Å². The van der Waals surface area contributed by atoms with Crippen molar-refractivity contribution in [2.75, 3.05) is 0 Å². The molecule has 0 saturated heterocycles. The lowest BCUT2D eigenvalue weighted by Crippen LogP contribution is -1.85. The van der Waals surface area contributed by atoms with Crippen molar-refractivity contribution in [1.29, 1.82) is 0 Å². The molecular weight excluding hydrogens is 432 g/mol. The van der Waals surface area contributed by atoms with Gasteiger partial charge in [-0.2, -0.15) is 0 Å². The summed E-state index contributed by atoms with van der Waals surface area (Å²) in [6, 6.07) is 39.4. The van der Waals surface area contributed by atoms with Gasteiger partial charge in [0.1, 0.15) is 11.2 Å². The molecule has 0 bridgehead atoms. The maximum Gasteiger partial charge on any atom is 0.143 e. The number of para-hydroxylation sites is 2. The first-order chi connectivity index (χ1) is 16.8. The van der Waals surface area contributed by atoms with Crippen molar-refractivity contribution in [2.24, 2.45) is 0 Å². The lowest BCUT2D eigenvalue weighted by atomic mass is 9.91. The zero-order valence-corrected chi connectivity index (χ0v) is 19.0. The van der Waals surface area contributed by atoms with Gasteiger partial charge in [-0.1, -0.05) is 78.9 Å². The Kier molecular flexibility index (Phi) is 3.60. The number of hydrogen-bond acceptors (Lipinski definition) is 2. The summed E-state index contributed by atoms with van der Waals surface area (Å²) < 4.78 is 9.09. The van der Waals surface area contributed by atoms with Gasteiger partial charge in [0, 0.05) is 36.5 Å². The first-order valence-electron chi connectivity index (χ1n) is 11.5. The fourth-order valence-electron chi connectivity index (χ4n) is 5.50. The van der Waals surface area contributed by atoms with Crippen molar-refractivity contribution in [3.8, 4) is 11.1 Å². The van der Waals surface area contributed by atoms with E-state index in [-0.39, 0.29) is 0 Å². The Bertz CT molecular complexity index is 2070. The average molecular weight is 451 g/mol. The number of thiophene rings is 1. The van der Waals surface area contributed by atoms with Crippen LogP contribution in [0.25, 0.3) is 74.8 Å². The maximum atomic E-state index is 6.44. The van der Waals surface area contributed by atoms with E-state index in [0.717, 1.165) is 27.5 Å².